The summed E-state index contributed by atoms with van der Waals surface area (Å²) in [5, 5.41) is 3.69. The number of amides is 1. The van der Waals surface area contributed by atoms with E-state index in [1.165, 1.54) is 29.2 Å². The molecule has 1 aliphatic rings. The van der Waals surface area contributed by atoms with Gasteiger partial charge in [0.2, 0.25) is 5.91 Å². The van der Waals surface area contributed by atoms with Crippen LogP contribution in [-0.2, 0) is 17.9 Å². The molecule has 162 valence electrons. The quantitative estimate of drug-likeness (QED) is 0.589. The predicted molar refractivity (Wildman–Crippen MR) is 109 cm³/mol. The number of nitrogens with zero attached hydrogens (tertiary/aromatic N) is 6. The minimum atomic E-state index is -0.327. The van der Waals surface area contributed by atoms with Gasteiger partial charge in [0.1, 0.15) is 11.4 Å². The van der Waals surface area contributed by atoms with Crippen molar-refractivity contribution in [2.75, 3.05) is 26.2 Å². The lowest BCUT2D eigenvalue weighted by Crippen LogP contribution is -2.48. The lowest BCUT2D eigenvalue weighted by Gasteiger charge is -2.34. The molecular formula is C21H23FN6O3. The van der Waals surface area contributed by atoms with Crippen LogP contribution in [0.2, 0.25) is 0 Å². The Balaban J connectivity index is 1.30. The third-order valence-corrected chi connectivity index (χ3v) is 5.25. The Bertz CT molecular complexity index is 1120. The van der Waals surface area contributed by atoms with Crippen molar-refractivity contribution < 1.29 is 13.7 Å². The molecule has 2 aromatic heterocycles. The number of hydrogen-bond acceptors (Lipinski definition) is 7. The van der Waals surface area contributed by atoms with Crippen molar-refractivity contribution in [3.05, 3.63) is 64.3 Å². The average molecular weight is 426 g/mol. The third kappa shape index (κ3) is 5.02. The first-order valence-electron chi connectivity index (χ1n) is 10.1. The molecule has 0 spiro atoms. The molecule has 31 heavy (non-hydrogen) atoms. The molecule has 0 atom stereocenters. The fraction of sp³-hybridized carbons (Fsp3) is 0.381. The van der Waals surface area contributed by atoms with E-state index < -0.39 is 0 Å². The summed E-state index contributed by atoms with van der Waals surface area (Å²) in [6.07, 6.45) is 2.97. The number of hydrogen-bond donors (Lipinski definition) is 0. The molecule has 9 nitrogen and oxygen atoms in total. The molecule has 0 bridgehead atoms. The minimum Gasteiger partial charge on any atom is -0.340 e. The fourth-order valence-electron chi connectivity index (χ4n) is 3.59. The van der Waals surface area contributed by atoms with Crippen LogP contribution in [0.25, 0.3) is 11.5 Å². The Morgan fingerprint density at radius 2 is 2.03 bits per heavy atom. The molecular weight excluding hydrogens is 403 g/mol. The van der Waals surface area contributed by atoms with Gasteiger partial charge in [-0.1, -0.05) is 17.3 Å². The van der Waals surface area contributed by atoms with Gasteiger partial charge in [-0.3, -0.25) is 19.1 Å². The van der Waals surface area contributed by atoms with Crippen LogP contribution >= 0.6 is 0 Å². The van der Waals surface area contributed by atoms with E-state index in [0.717, 1.165) is 18.7 Å². The van der Waals surface area contributed by atoms with Crippen molar-refractivity contribution in [3.63, 3.8) is 0 Å². The molecule has 0 saturated carbocycles. The van der Waals surface area contributed by atoms with Crippen molar-refractivity contribution in [1.82, 2.24) is 29.5 Å². The van der Waals surface area contributed by atoms with Crippen LogP contribution in [0.1, 0.15) is 17.8 Å². The molecule has 1 saturated heterocycles. The van der Waals surface area contributed by atoms with Crippen LogP contribution in [-0.4, -0.2) is 61.6 Å². The van der Waals surface area contributed by atoms with E-state index in [-0.39, 0.29) is 41.7 Å². The Morgan fingerprint density at radius 1 is 1.23 bits per heavy atom. The number of aromatic nitrogens is 4. The molecule has 3 aromatic rings. The van der Waals surface area contributed by atoms with Gasteiger partial charge in [0.05, 0.1) is 6.33 Å². The third-order valence-electron chi connectivity index (χ3n) is 5.25. The van der Waals surface area contributed by atoms with Crippen molar-refractivity contribution in [2.24, 2.45) is 0 Å². The number of aryl methyl sites for hydroxylation is 2. The monoisotopic (exact) mass is 426 g/mol. The maximum absolute atomic E-state index is 13.4. The van der Waals surface area contributed by atoms with Gasteiger partial charge in [0.15, 0.2) is 5.82 Å². The van der Waals surface area contributed by atoms with E-state index in [2.05, 4.69) is 20.0 Å². The van der Waals surface area contributed by atoms with E-state index >= 15 is 0 Å². The number of halogens is 1. The minimum absolute atomic E-state index is 0.0173. The van der Waals surface area contributed by atoms with Gasteiger partial charge in [0.25, 0.3) is 11.4 Å². The molecule has 1 fully saturated rings. The molecule has 0 radical (unpaired) electrons. The standard InChI is InChI=1S/C21H23FN6O3/c1-15-24-20(31-25-15)18-12-23-14-28(21(18)30)6-5-19(29)27-9-7-26(8-10-27)13-16-3-2-4-17(22)11-16/h2-4,11-12,14H,5-10,13H2,1H3. The highest BCUT2D eigenvalue weighted by Gasteiger charge is 2.21. The highest BCUT2D eigenvalue weighted by Crippen LogP contribution is 2.12. The molecule has 1 amide bonds. The van der Waals surface area contributed by atoms with E-state index in [0.29, 0.717) is 25.5 Å². The summed E-state index contributed by atoms with van der Waals surface area (Å²) in [6, 6.07) is 6.57. The first-order valence-corrected chi connectivity index (χ1v) is 10.1. The number of carbonyl (C=O) groups excluding carboxylic acids is 1. The van der Waals surface area contributed by atoms with Crippen molar-refractivity contribution >= 4 is 5.91 Å². The van der Waals surface area contributed by atoms with Crippen LogP contribution in [0.5, 0.6) is 0 Å². The highest BCUT2D eigenvalue weighted by atomic mass is 19.1. The number of carbonyl (C=O) groups is 1. The van der Waals surface area contributed by atoms with Gasteiger partial charge in [-0.25, -0.2) is 9.37 Å². The second-order valence-corrected chi connectivity index (χ2v) is 7.49. The molecule has 1 aliphatic heterocycles. The zero-order chi connectivity index (χ0) is 21.8. The molecule has 0 unspecified atom stereocenters. The number of piperazine rings is 1. The van der Waals surface area contributed by atoms with Crippen molar-refractivity contribution in [1.29, 1.82) is 0 Å². The summed E-state index contributed by atoms with van der Waals surface area (Å²) in [6.45, 7) is 5.17. The van der Waals surface area contributed by atoms with E-state index in [1.807, 2.05) is 6.07 Å². The van der Waals surface area contributed by atoms with E-state index in [4.69, 9.17) is 4.52 Å². The van der Waals surface area contributed by atoms with Crippen LogP contribution in [0.4, 0.5) is 4.39 Å². The fourth-order valence-corrected chi connectivity index (χ4v) is 3.59. The normalized spacial score (nSPS) is 14.7. The van der Waals surface area contributed by atoms with Gasteiger partial charge in [-0.15, -0.1) is 0 Å². The number of benzene rings is 1. The van der Waals surface area contributed by atoms with Gasteiger partial charge < -0.3 is 9.42 Å². The topological polar surface area (TPSA) is 97.4 Å². The predicted octanol–water partition coefficient (Wildman–Crippen LogP) is 1.48. The first-order chi connectivity index (χ1) is 15.0. The Labute approximate surface area is 178 Å². The van der Waals surface area contributed by atoms with Crippen molar-refractivity contribution in [3.8, 4) is 11.5 Å². The average Bonchev–Trinajstić information content (AvgIpc) is 3.19. The second-order valence-electron chi connectivity index (χ2n) is 7.49. The molecule has 4 rings (SSSR count). The van der Waals surface area contributed by atoms with E-state index in [1.54, 1.807) is 17.9 Å². The zero-order valence-corrected chi connectivity index (χ0v) is 17.2. The molecule has 10 heteroatoms. The summed E-state index contributed by atoms with van der Waals surface area (Å²) in [7, 11) is 0. The lowest BCUT2D eigenvalue weighted by atomic mass is 10.2. The van der Waals surface area contributed by atoms with E-state index in [9.17, 15) is 14.0 Å². The number of rotatable bonds is 6. The van der Waals surface area contributed by atoms with Crippen LogP contribution in [0, 0.1) is 12.7 Å². The molecule has 0 N–H and O–H groups in total. The largest absolute Gasteiger partial charge is 0.340 e. The summed E-state index contributed by atoms with van der Waals surface area (Å²) in [4.78, 5) is 37.4. The van der Waals surface area contributed by atoms with Gasteiger partial charge in [0, 0.05) is 51.9 Å². The lowest BCUT2D eigenvalue weighted by molar-refractivity contribution is -0.133. The SMILES string of the molecule is Cc1noc(-c2cncn(CCC(=O)N3CCN(Cc4cccc(F)c4)CC3)c2=O)n1. The highest BCUT2D eigenvalue weighted by molar-refractivity contribution is 5.76. The summed E-state index contributed by atoms with van der Waals surface area (Å²) in [5.74, 6) is 0.285. The first kappa shape index (κ1) is 20.9. The second kappa shape index (κ2) is 9.17. The Kier molecular flexibility index (Phi) is 6.17. The van der Waals surface area contributed by atoms with Gasteiger partial charge in [-0.2, -0.15) is 4.98 Å². The van der Waals surface area contributed by atoms with Gasteiger partial charge in [-0.05, 0) is 24.6 Å². The van der Waals surface area contributed by atoms with Crippen LogP contribution in [0.3, 0.4) is 0 Å². The summed E-state index contributed by atoms with van der Waals surface area (Å²) in [5.41, 5.74) is 0.802. The van der Waals surface area contributed by atoms with Crippen LogP contribution < -0.4 is 5.56 Å². The maximum Gasteiger partial charge on any atom is 0.266 e. The van der Waals surface area contributed by atoms with Crippen LogP contribution in [0.15, 0.2) is 46.1 Å². The smallest absolute Gasteiger partial charge is 0.266 e. The Morgan fingerprint density at radius 3 is 2.74 bits per heavy atom. The summed E-state index contributed by atoms with van der Waals surface area (Å²) < 4.78 is 19.8. The Hall–Kier alpha value is -3.40. The van der Waals surface area contributed by atoms with Crippen molar-refractivity contribution in [2.45, 2.75) is 26.4 Å². The summed E-state index contributed by atoms with van der Waals surface area (Å²) >= 11 is 0. The molecule has 3 heterocycles. The molecule has 0 aliphatic carbocycles. The van der Waals surface area contributed by atoms with Gasteiger partial charge >= 0.3 is 0 Å². The maximum atomic E-state index is 13.4. The zero-order valence-electron chi connectivity index (χ0n) is 17.2. The molecule has 1 aromatic carbocycles.